The molecule has 2 aromatic rings. The van der Waals surface area contributed by atoms with E-state index in [0.29, 0.717) is 5.56 Å². The van der Waals surface area contributed by atoms with E-state index in [2.05, 4.69) is 49.3 Å². The molecule has 0 fully saturated rings. The van der Waals surface area contributed by atoms with Gasteiger partial charge in [0.2, 0.25) is 5.91 Å². The third-order valence-corrected chi connectivity index (χ3v) is 4.14. The number of amides is 1. The van der Waals surface area contributed by atoms with E-state index < -0.39 is 5.91 Å². The lowest BCUT2D eigenvalue weighted by atomic mass is 9.98. The number of nitrogens with one attached hydrogen (secondary N) is 1. The van der Waals surface area contributed by atoms with E-state index in [1.165, 1.54) is 17.5 Å². The van der Waals surface area contributed by atoms with Crippen LogP contribution in [0, 0.1) is 19.8 Å². The lowest BCUT2D eigenvalue weighted by Crippen LogP contribution is -2.16. The number of aryl methyl sites for hydroxylation is 2. The van der Waals surface area contributed by atoms with Crippen molar-refractivity contribution in [2.24, 2.45) is 11.7 Å². The van der Waals surface area contributed by atoms with Crippen LogP contribution < -0.4 is 11.1 Å². The average molecular weight is 325 g/mol. The van der Waals surface area contributed by atoms with Crippen molar-refractivity contribution in [3.8, 4) is 11.3 Å². The van der Waals surface area contributed by atoms with E-state index in [9.17, 15) is 4.79 Å². The zero-order valence-corrected chi connectivity index (χ0v) is 15.0. The summed E-state index contributed by atoms with van der Waals surface area (Å²) < 4.78 is 0. The van der Waals surface area contributed by atoms with Crippen LogP contribution in [0.15, 0.2) is 30.5 Å². The van der Waals surface area contributed by atoms with Gasteiger partial charge >= 0.3 is 0 Å². The van der Waals surface area contributed by atoms with Gasteiger partial charge in [-0.1, -0.05) is 32.0 Å². The molecule has 0 bridgehead atoms. The fraction of sp³-hybridized carbons (Fsp3) is 0.400. The molecule has 1 aromatic carbocycles. The molecule has 0 aliphatic carbocycles. The van der Waals surface area contributed by atoms with Crippen LogP contribution in [0.4, 0.5) is 0 Å². The van der Waals surface area contributed by atoms with Crippen molar-refractivity contribution in [2.45, 2.75) is 40.7 Å². The number of carbonyl (C=O) groups excluding carboxylic acids is 1. The topological polar surface area (TPSA) is 68.0 Å². The molecule has 0 aliphatic rings. The van der Waals surface area contributed by atoms with Crippen LogP contribution in [0.5, 0.6) is 0 Å². The van der Waals surface area contributed by atoms with Crippen molar-refractivity contribution < 1.29 is 4.79 Å². The fourth-order valence-corrected chi connectivity index (χ4v) is 2.72. The molecular weight excluding hydrogens is 298 g/mol. The highest BCUT2D eigenvalue weighted by Gasteiger charge is 2.10. The predicted molar refractivity (Wildman–Crippen MR) is 98.8 cm³/mol. The normalized spacial score (nSPS) is 11.0. The Morgan fingerprint density at radius 2 is 1.96 bits per heavy atom. The van der Waals surface area contributed by atoms with Crippen LogP contribution in [0.2, 0.25) is 0 Å². The minimum Gasteiger partial charge on any atom is -0.366 e. The summed E-state index contributed by atoms with van der Waals surface area (Å²) in [5, 5.41) is 3.48. The maximum atomic E-state index is 11.3. The number of nitrogens with zero attached hydrogens (tertiary/aromatic N) is 1. The van der Waals surface area contributed by atoms with Crippen LogP contribution in [0.25, 0.3) is 11.3 Å². The molecule has 0 saturated carbocycles. The quantitative estimate of drug-likeness (QED) is 0.764. The molecule has 1 aromatic heterocycles. The number of hydrogen-bond acceptors (Lipinski definition) is 3. The Hall–Kier alpha value is -2.20. The fourth-order valence-electron chi connectivity index (χ4n) is 2.72. The lowest BCUT2D eigenvalue weighted by molar-refractivity contribution is 0.1000. The summed E-state index contributed by atoms with van der Waals surface area (Å²) in [6.45, 7) is 10.4. The number of pyridine rings is 1. The molecule has 1 amide bonds. The first-order valence-corrected chi connectivity index (χ1v) is 8.45. The molecule has 0 unspecified atom stereocenters. The van der Waals surface area contributed by atoms with E-state index >= 15 is 0 Å². The van der Waals surface area contributed by atoms with Crippen molar-refractivity contribution in [3.05, 3.63) is 52.7 Å². The van der Waals surface area contributed by atoms with Gasteiger partial charge in [0, 0.05) is 18.3 Å². The number of carbonyl (C=O) groups is 1. The van der Waals surface area contributed by atoms with Gasteiger partial charge in [0.05, 0.1) is 11.3 Å². The van der Waals surface area contributed by atoms with E-state index in [4.69, 9.17) is 5.73 Å². The lowest BCUT2D eigenvalue weighted by Gasteiger charge is -2.12. The molecule has 0 saturated heterocycles. The number of benzene rings is 1. The monoisotopic (exact) mass is 325 g/mol. The highest BCUT2D eigenvalue weighted by molar-refractivity contribution is 5.93. The number of primary amides is 1. The molecule has 0 spiro atoms. The summed E-state index contributed by atoms with van der Waals surface area (Å²) in [5.74, 6) is 0.274. The van der Waals surface area contributed by atoms with Gasteiger partial charge < -0.3 is 11.1 Å². The van der Waals surface area contributed by atoms with Gasteiger partial charge in [-0.2, -0.15) is 0 Å². The molecule has 24 heavy (non-hydrogen) atoms. The van der Waals surface area contributed by atoms with Crippen molar-refractivity contribution in [1.82, 2.24) is 10.3 Å². The van der Waals surface area contributed by atoms with Gasteiger partial charge in [-0.3, -0.25) is 9.78 Å². The Morgan fingerprint density at radius 1 is 1.21 bits per heavy atom. The second-order valence-corrected chi connectivity index (χ2v) is 6.76. The maximum Gasteiger partial charge on any atom is 0.250 e. The molecule has 3 N–H and O–H groups in total. The van der Waals surface area contributed by atoms with Crippen LogP contribution in [-0.2, 0) is 6.54 Å². The first-order valence-electron chi connectivity index (χ1n) is 8.45. The second-order valence-electron chi connectivity index (χ2n) is 6.76. The van der Waals surface area contributed by atoms with E-state index in [0.717, 1.165) is 35.8 Å². The Bertz CT molecular complexity index is 723. The number of rotatable bonds is 7. The van der Waals surface area contributed by atoms with Gasteiger partial charge in [-0.15, -0.1) is 0 Å². The van der Waals surface area contributed by atoms with E-state index in [1.807, 2.05) is 6.92 Å². The SMILES string of the molecule is Cc1cc(CNCCC(C)C)ccc1-c1ncc(C(N)=O)cc1C. The highest BCUT2D eigenvalue weighted by Crippen LogP contribution is 2.26. The van der Waals surface area contributed by atoms with Crippen molar-refractivity contribution in [2.75, 3.05) is 6.54 Å². The van der Waals surface area contributed by atoms with Gasteiger partial charge in [-0.05, 0) is 55.5 Å². The number of aromatic nitrogens is 1. The summed E-state index contributed by atoms with van der Waals surface area (Å²) in [6.07, 6.45) is 2.73. The molecule has 1 heterocycles. The minimum absolute atomic E-state index is 0.444. The predicted octanol–water partition coefficient (Wildman–Crippen LogP) is 3.60. The average Bonchev–Trinajstić information content (AvgIpc) is 2.52. The van der Waals surface area contributed by atoms with Crippen molar-refractivity contribution >= 4 is 5.91 Å². The van der Waals surface area contributed by atoms with E-state index in [-0.39, 0.29) is 0 Å². The van der Waals surface area contributed by atoms with Crippen LogP contribution in [0.3, 0.4) is 0 Å². The van der Waals surface area contributed by atoms with Gasteiger partial charge in [-0.25, -0.2) is 0 Å². The Morgan fingerprint density at radius 3 is 2.54 bits per heavy atom. The third-order valence-electron chi connectivity index (χ3n) is 4.14. The number of hydrogen-bond donors (Lipinski definition) is 2. The summed E-state index contributed by atoms with van der Waals surface area (Å²) in [5.41, 5.74) is 11.2. The largest absolute Gasteiger partial charge is 0.366 e. The zero-order valence-electron chi connectivity index (χ0n) is 15.0. The standard InChI is InChI=1S/C20H27N3O/c1-13(2)7-8-22-11-16-5-6-18(14(3)9-16)19-15(4)10-17(12-23-19)20(21)24/h5-6,9-10,12-13,22H,7-8,11H2,1-4H3,(H2,21,24). The summed E-state index contributed by atoms with van der Waals surface area (Å²) in [6, 6.07) is 8.23. The summed E-state index contributed by atoms with van der Waals surface area (Å²) in [4.78, 5) is 15.7. The smallest absolute Gasteiger partial charge is 0.250 e. The Balaban J connectivity index is 2.14. The van der Waals surface area contributed by atoms with Crippen molar-refractivity contribution in [1.29, 1.82) is 0 Å². The van der Waals surface area contributed by atoms with E-state index in [1.54, 1.807) is 12.3 Å². The zero-order chi connectivity index (χ0) is 17.7. The maximum absolute atomic E-state index is 11.3. The molecule has 2 rings (SSSR count). The Labute approximate surface area is 144 Å². The summed E-state index contributed by atoms with van der Waals surface area (Å²) >= 11 is 0. The van der Waals surface area contributed by atoms with Crippen LogP contribution >= 0.6 is 0 Å². The van der Waals surface area contributed by atoms with Gasteiger partial charge in [0.15, 0.2) is 0 Å². The molecule has 0 atom stereocenters. The van der Waals surface area contributed by atoms with Crippen LogP contribution in [0.1, 0.15) is 47.3 Å². The molecule has 0 aliphatic heterocycles. The first kappa shape index (κ1) is 18.1. The van der Waals surface area contributed by atoms with Gasteiger partial charge in [0.1, 0.15) is 0 Å². The molecule has 0 radical (unpaired) electrons. The third kappa shape index (κ3) is 4.65. The Kier molecular flexibility index (Phi) is 6.10. The van der Waals surface area contributed by atoms with Crippen molar-refractivity contribution in [3.63, 3.8) is 0 Å². The molecule has 4 nitrogen and oxygen atoms in total. The number of nitrogens with two attached hydrogens (primary N) is 1. The second kappa shape index (κ2) is 8.06. The minimum atomic E-state index is -0.448. The summed E-state index contributed by atoms with van der Waals surface area (Å²) in [7, 11) is 0. The highest BCUT2D eigenvalue weighted by atomic mass is 16.1. The molecular formula is C20H27N3O. The van der Waals surface area contributed by atoms with Crippen LogP contribution in [-0.4, -0.2) is 17.4 Å². The molecule has 128 valence electrons. The molecule has 4 heteroatoms. The first-order chi connectivity index (χ1) is 11.4. The van der Waals surface area contributed by atoms with Gasteiger partial charge in [0.25, 0.3) is 0 Å².